The molecule has 1 rings (SSSR count). The zero-order valence-electron chi connectivity index (χ0n) is 11.3. The van der Waals surface area contributed by atoms with Crippen molar-refractivity contribution in [3.63, 3.8) is 0 Å². The number of hydrogen-bond acceptors (Lipinski definition) is 3. The standard InChI is InChI=1S/C14H20N2O3/c1-10-3-5-12(6-4-10)16(8-7-13(17)18)14(19)11(2)9-15/h3-6,11H,7-9,15H2,1-2H3,(H,17,18). The molecule has 0 bridgehead atoms. The third-order valence-corrected chi connectivity index (χ3v) is 2.94. The van der Waals surface area contributed by atoms with Crippen LogP contribution in [0.25, 0.3) is 0 Å². The number of hydrogen-bond donors (Lipinski definition) is 2. The number of carboxylic acid groups (broad SMARTS) is 1. The van der Waals surface area contributed by atoms with Crippen molar-refractivity contribution >= 4 is 17.6 Å². The van der Waals surface area contributed by atoms with Crippen LogP contribution in [0.2, 0.25) is 0 Å². The summed E-state index contributed by atoms with van der Waals surface area (Å²) >= 11 is 0. The van der Waals surface area contributed by atoms with E-state index in [0.717, 1.165) is 5.56 Å². The third kappa shape index (κ3) is 4.37. The molecule has 1 amide bonds. The lowest BCUT2D eigenvalue weighted by Crippen LogP contribution is -2.39. The Morgan fingerprint density at radius 2 is 1.89 bits per heavy atom. The molecule has 1 aromatic rings. The van der Waals surface area contributed by atoms with Gasteiger partial charge < -0.3 is 15.7 Å². The van der Waals surface area contributed by atoms with Gasteiger partial charge in [-0.3, -0.25) is 9.59 Å². The first kappa shape index (κ1) is 15.2. The summed E-state index contributed by atoms with van der Waals surface area (Å²) in [6.45, 7) is 4.09. The van der Waals surface area contributed by atoms with Crippen LogP contribution < -0.4 is 10.6 Å². The number of carbonyl (C=O) groups excluding carboxylic acids is 1. The molecule has 0 aromatic heterocycles. The Morgan fingerprint density at radius 1 is 1.32 bits per heavy atom. The van der Waals surface area contributed by atoms with Gasteiger partial charge >= 0.3 is 5.97 Å². The summed E-state index contributed by atoms with van der Waals surface area (Å²) in [5.41, 5.74) is 7.30. The van der Waals surface area contributed by atoms with Crippen molar-refractivity contribution in [2.45, 2.75) is 20.3 Å². The average molecular weight is 264 g/mol. The van der Waals surface area contributed by atoms with Gasteiger partial charge in [-0.25, -0.2) is 0 Å². The second kappa shape index (κ2) is 6.89. The fourth-order valence-corrected chi connectivity index (χ4v) is 1.67. The number of amides is 1. The minimum absolute atomic E-state index is 0.0864. The highest BCUT2D eigenvalue weighted by Gasteiger charge is 2.21. The maximum Gasteiger partial charge on any atom is 0.305 e. The minimum atomic E-state index is -0.926. The van der Waals surface area contributed by atoms with Crippen LogP contribution in [0.15, 0.2) is 24.3 Å². The number of nitrogens with zero attached hydrogens (tertiary/aromatic N) is 1. The summed E-state index contributed by atoms with van der Waals surface area (Å²) in [7, 11) is 0. The Morgan fingerprint density at radius 3 is 2.37 bits per heavy atom. The van der Waals surface area contributed by atoms with Crippen molar-refractivity contribution in [2.24, 2.45) is 11.7 Å². The number of aliphatic carboxylic acids is 1. The third-order valence-electron chi connectivity index (χ3n) is 2.94. The molecule has 104 valence electrons. The van der Waals surface area contributed by atoms with Gasteiger partial charge in [-0.2, -0.15) is 0 Å². The largest absolute Gasteiger partial charge is 0.481 e. The summed E-state index contributed by atoms with van der Waals surface area (Å²) in [5, 5.41) is 8.77. The molecular formula is C14H20N2O3. The zero-order valence-corrected chi connectivity index (χ0v) is 11.3. The summed E-state index contributed by atoms with van der Waals surface area (Å²) in [5.74, 6) is -1.40. The number of carbonyl (C=O) groups is 2. The predicted molar refractivity (Wildman–Crippen MR) is 74.0 cm³/mol. The molecule has 0 heterocycles. The second-order valence-corrected chi connectivity index (χ2v) is 4.61. The van der Waals surface area contributed by atoms with E-state index in [9.17, 15) is 9.59 Å². The van der Waals surface area contributed by atoms with Crippen LogP contribution in [-0.4, -0.2) is 30.1 Å². The molecule has 0 saturated heterocycles. The van der Waals surface area contributed by atoms with E-state index in [1.165, 1.54) is 4.90 Å². The first-order valence-corrected chi connectivity index (χ1v) is 6.25. The van der Waals surface area contributed by atoms with Crippen molar-refractivity contribution < 1.29 is 14.7 Å². The molecule has 1 atom stereocenters. The van der Waals surface area contributed by atoms with Gasteiger partial charge in [0.25, 0.3) is 0 Å². The van der Waals surface area contributed by atoms with Crippen molar-refractivity contribution in [3.05, 3.63) is 29.8 Å². The van der Waals surface area contributed by atoms with E-state index >= 15 is 0 Å². The number of carboxylic acids is 1. The molecule has 0 aliphatic heterocycles. The van der Waals surface area contributed by atoms with Crippen LogP contribution >= 0.6 is 0 Å². The number of anilines is 1. The van der Waals surface area contributed by atoms with Gasteiger partial charge in [0.05, 0.1) is 6.42 Å². The van der Waals surface area contributed by atoms with Gasteiger partial charge in [0.15, 0.2) is 0 Å². The smallest absolute Gasteiger partial charge is 0.305 e. The molecule has 5 nitrogen and oxygen atoms in total. The predicted octanol–water partition coefficient (Wildman–Crippen LogP) is 1.40. The molecule has 5 heteroatoms. The lowest BCUT2D eigenvalue weighted by atomic mass is 10.1. The van der Waals surface area contributed by atoms with Crippen molar-refractivity contribution in [3.8, 4) is 0 Å². The van der Waals surface area contributed by atoms with Gasteiger partial charge in [0, 0.05) is 24.7 Å². The van der Waals surface area contributed by atoms with E-state index in [2.05, 4.69) is 0 Å². The van der Waals surface area contributed by atoms with Crippen LogP contribution in [0.4, 0.5) is 5.69 Å². The van der Waals surface area contributed by atoms with Crippen LogP contribution in [0.5, 0.6) is 0 Å². The highest BCUT2D eigenvalue weighted by molar-refractivity contribution is 5.95. The highest BCUT2D eigenvalue weighted by atomic mass is 16.4. The lowest BCUT2D eigenvalue weighted by molar-refractivity contribution is -0.136. The van der Waals surface area contributed by atoms with Gasteiger partial charge in [-0.1, -0.05) is 24.6 Å². The van der Waals surface area contributed by atoms with Gasteiger partial charge in [-0.05, 0) is 19.1 Å². The molecule has 1 aromatic carbocycles. The molecule has 3 N–H and O–H groups in total. The summed E-state index contributed by atoms with van der Waals surface area (Å²) < 4.78 is 0. The number of nitrogens with two attached hydrogens (primary N) is 1. The van der Waals surface area contributed by atoms with Crippen LogP contribution in [0.1, 0.15) is 18.9 Å². The van der Waals surface area contributed by atoms with Gasteiger partial charge in [-0.15, -0.1) is 0 Å². The number of aryl methyl sites for hydroxylation is 1. The van der Waals surface area contributed by atoms with E-state index in [4.69, 9.17) is 10.8 Å². The highest BCUT2D eigenvalue weighted by Crippen LogP contribution is 2.18. The van der Waals surface area contributed by atoms with E-state index in [1.807, 2.05) is 31.2 Å². The Balaban J connectivity index is 2.94. The van der Waals surface area contributed by atoms with Crippen LogP contribution in [-0.2, 0) is 9.59 Å². The molecule has 0 aliphatic rings. The second-order valence-electron chi connectivity index (χ2n) is 4.61. The topological polar surface area (TPSA) is 83.6 Å². The van der Waals surface area contributed by atoms with Gasteiger partial charge in [0.2, 0.25) is 5.91 Å². The van der Waals surface area contributed by atoms with E-state index in [1.54, 1.807) is 6.92 Å². The maximum absolute atomic E-state index is 12.2. The molecule has 0 spiro atoms. The summed E-state index contributed by atoms with van der Waals surface area (Å²) in [6, 6.07) is 7.42. The number of rotatable bonds is 6. The molecule has 0 aliphatic carbocycles. The molecule has 1 unspecified atom stereocenters. The van der Waals surface area contributed by atoms with Crippen molar-refractivity contribution in [2.75, 3.05) is 18.0 Å². The Hall–Kier alpha value is -1.88. The molecule has 19 heavy (non-hydrogen) atoms. The summed E-state index contributed by atoms with van der Waals surface area (Å²) in [4.78, 5) is 24.4. The van der Waals surface area contributed by atoms with Gasteiger partial charge in [0.1, 0.15) is 0 Å². The van der Waals surface area contributed by atoms with Crippen molar-refractivity contribution in [1.29, 1.82) is 0 Å². The Bertz CT molecular complexity index is 443. The average Bonchev–Trinajstić information content (AvgIpc) is 2.39. The van der Waals surface area contributed by atoms with Crippen LogP contribution in [0, 0.1) is 12.8 Å². The van der Waals surface area contributed by atoms with Crippen LogP contribution in [0.3, 0.4) is 0 Å². The number of benzene rings is 1. The first-order valence-electron chi connectivity index (χ1n) is 6.25. The SMILES string of the molecule is Cc1ccc(N(CCC(=O)O)C(=O)C(C)CN)cc1. The lowest BCUT2D eigenvalue weighted by Gasteiger charge is -2.25. The Kier molecular flexibility index (Phi) is 5.51. The quantitative estimate of drug-likeness (QED) is 0.813. The minimum Gasteiger partial charge on any atom is -0.481 e. The fourth-order valence-electron chi connectivity index (χ4n) is 1.67. The fraction of sp³-hybridized carbons (Fsp3) is 0.429. The monoisotopic (exact) mass is 264 g/mol. The zero-order chi connectivity index (χ0) is 14.4. The molecule has 0 fully saturated rings. The molecule has 0 radical (unpaired) electrons. The molecular weight excluding hydrogens is 244 g/mol. The first-order chi connectivity index (χ1) is 8.95. The van der Waals surface area contributed by atoms with E-state index < -0.39 is 5.97 Å². The van der Waals surface area contributed by atoms with E-state index in [0.29, 0.717) is 5.69 Å². The Labute approximate surface area is 113 Å². The van der Waals surface area contributed by atoms with E-state index in [-0.39, 0.29) is 31.3 Å². The van der Waals surface area contributed by atoms with Crippen molar-refractivity contribution in [1.82, 2.24) is 0 Å². The maximum atomic E-state index is 12.2. The summed E-state index contributed by atoms with van der Waals surface area (Å²) in [6.07, 6.45) is -0.0864. The normalized spacial score (nSPS) is 11.9. The molecule has 0 saturated carbocycles.